The third-order valence-electron chi connectivity index (χ3n) is 6.33. The number of benzene rings is 2. The molecule has 1 fully saturated rings. The maximum absolute atomic E-state index is 13.3. The van der Waals surface area contributed by atoms with Gasteiger partial charge < -0.3 is 20.1 Å². The first-order chi connectivity index (χ1) is 16.8. The number of carboxylic acids is 1. The van der Waals surface area contributed by atoms with E-state index in [9.17, 15) is 28.3 Å². The summed E-state index contributed by atoms with van der Waals surface area (Å²) in [4.78, 5) is 38.5. The van der Waals surface area contributed by atoms with E-state index in [0.717, 1.165) is 27.2 Å². The number of nitrogens with zero attached hydrogens (tertiary/aromatic N) is 1. The van der Waals surface area contributed by atoms with E-state index in [1.165, 1.54) is 11.8 Å². The highest BCUT2D eigenvalue weighted by molar-refractivity contribution is 8.00. The average molecular weight is 505 g/mol. The Morgan fingerprint density at radius 1 is 1.11 bits per heavy atom. The third kappa shape index (κ3) is 5.12. The predicted molar refractivity (Wildman–Crippen MR) is 127 cm³/mol. The van der Waals surface area contributed by atoms with E-state index >= 15 is 0 Å². The summed E-state index contributed by atoms with van der Waals surface area (Å²) in [5.74, 6) is -2.12. The number of halogens is 2. The van der Waals surface area contributed by atoms with Gasteiger partial charge in [-0.05, 0) is 28.7 Å². The van der Waals surface area contributed by atoms with Gasteiger partial charge in [-0.2, -0.15) is 0 Å². The Balaban J connectivity index is 1.47. The van der Waals surface area contributed by atoms with Gasteiger partial charge in [0.2, 0.25) is 12.3 Å². The van der Waals surface area contributed by atoms with Crippen molar-refractivity contribution in [3.05, 3.63) is 59.7 Å². The molecule has 1 aliphatic heterocycles. The standard InChI is InChI=1S/C25H26F2N2O5S/c1-2-22-29(20(13-35-22)24(31)32)23(30)19(11-21(26)27)28-25(33)34-12-18-16-9-5-3-7-14(16)15-8-4-6-10-17(15)18/h3-10,18-22H,2,11-13H2,1H3,(H,28,33)(H,31,32). The molecule has 2 aliphatic rings. The molecule has 1 aliphatic carbocycles. The highest BCUT2D eigenvalue weighted by Gasteiger charge is 2.44. The Morgan fingerprint density at radius 3 is 2.26 bits per heavy atom. The molecule has 186 valence electrons. The zero-order valence-electron chi connectivity index (χ0n) is 19.0. The number of carbonyl (C=O) groups excluding carboxylic acids is 2. The molecular weight excluding hydrogens is 478 g/mol. The lowest BCUT2D eigenvalue weighted by molar-refractivity contribution is -0.150. The number of hydrogen-bond acceptors (Lipinski definition) is 5. The molecule has 3 atom stereocenters. The molecule has 0 spiro atoms. The Hall–Kier alpha value is -3.14. The van der Waals surface area contributed by atoms with Gasteiger partial charge in [0, 0.05) is 18.1 Å². The van der Waals surface area contributed by atoms with Crippen LogP contribution < -0.4 is 5.32 Å². The van der Waals surface area contributed by atoms with Crippen LogP contribution >= 0.6 is 11.8 Å². The van der Waals surface area contributed by atoms with Crippen LogP contribution in [0.3, 0.4) is 0 Å². The van der Waals surface area contributed by atoms with E-state index < -0.39 is 48.3 Å². The number of nitrogens with one attached hydrogen (secondary N) is 1. The van der Waals surface area contributed by atoms with Gasteiger partial charge in [0.05, 0.1) is 5.37 Å². The number of hydrogen-bond donors (Lipinski definition) is 2. The number of alkyl carbamates (subject to hydrolysis) is 1. The summed E-state index contributed by atoms with van der Waals surface area (Å²) in [6.07, 6.45) is -4.37. The Morgan fingerprint density at radius 2 is 1.71 bits per heavy atom. The molecule has 0 bridgehead atoms. The predicted octanol–water partition coefficient (Wildman–Crippen LogP) is 4.31. The molecule has 1 saturated heterocycles. The smallest absolute Gasteiger partial charge is 0.407 e. The minimum absolute atomic E-state index is 0.0374. The molecular formula is C25H26F2N2O5S. The largest absolute Gasteiger partial charge is 0.480 e. The maximum Gasteiger partial charge on any atom is 0.407 e. The maximum atomic E-state index is 13.3. The molecule has 7 nitrogen and oxygen atoms in total. The van der Waals surface area contributed by atoms with E-state index in [0.29, 0.717) is 6.42 Å². The number of alkyl halides is 2. The fraction of sp³-hybridized carbons (Fsp3) is 0.400. The first kappa shape index (κ1) is 25.0. The zero-order valence-corrected chi connectivity index (χ0v) is 19.8. The van der Waals surface area contributed by atoms with Crippen molar-refractivity contribution in [1.82, 2.24) is 10.2 Å². The van der Waals surface area contributed by atoms with E-state index in [4.69, 9.17) is 4.74 Å². The molecule has 0 radical (unpaired) electrons. The Labute approximate surface area is 205 Å². The van der Waals surface area contributed by atoms with Gasteiger partial charge >= 0.3 is 12.1 Å². The molecule has 3 unspecified atom stereocenters. The monoisotopic (exact) mass is 504 g/mol. The molecule has 0 saturated carbocycles. The number of thioether (sulfide) groups is 1. The summed E-state index contributed by atoms with van der Waals surface area (Å²) >= 11 is 1.28. The van der Waals surface area contributed by atoms with Gasteiger partial charge in [-0.3, -0.25) is 4.79 Å². The lowest BCUT2D eigenvalue weighted by Crippen LogP contribution is -2.55. The molecule has 4 rings (SSSR count). The molecule has 35 heavy (non-hydrogen) atoms. The summed E-state index contributed by atoms with van der Waals surface area (Å²) in [7, 11) is 0. The molecule has 2 amide bonds. The Bertz CT molecular complexity index is 1070. The molecule has 2 N–H and O–H groups in total. The second-order valence-corrected chi connectivity index (χ2v) is 9.66. The summed E-state index contributed by atoms with van der Waals surface area (Å²) in [6.45, 7) is 1.74. The molecule has 0 aromatic heterocycles. The van der Waals surface area contributed by atoms with Crippen molar-refractivity contribution < 1.29 is 33.0 Å². The molecule has 10 heteroatoms. The van der Waals surface area contributed by atoms with Crippen molar-refractivity contribution >= 4 is 29.7 Å². The van der Waals surface area contributed by atoms with Crippen LogP contribution in [0, 0.1) is 0 Å². The fourth-order valence-corrected chi connectivity index (χ4v) is 6.08. The van der Waals surface area contributed by atoms with Gasteiger partial charge in [-0.1, -0.05) is 55.5 Å². The van der Waals surface area contributed by atoms with Crippen LogP contribution in [-0.4, -0.2) is 64.2 Å². The number of amides is 2. The van der Waals surface area contributed by atoms with Crippen molar-refractivity contribution in [3.63, 3.8) is 0 Å². The Kier molecular flexibility index (Phi) is 7.59. The van der Waals surface area contributed by atoms with Crippen LogP contribution in [0.2, 0.25) is 0 Å². The van der Waals surface area contributed by atoms with Crippen LogP contribution in [0.1, 0.15) is 36.8 Å². The quantitative estimate of drug-likeness (QED) is 0.556. The second-order valence-electron chi connectivity index (χ2n) is 8.45. The van der Waals surface area contributed by atoms with E-state index in [-0.39, 0.29) is 18.3 Å². The van der Waals surface area contributed by atoms with Gasteiger partial charge in [-0.15, -0.1) is 11.8 Å². The zero-order chi connectivity index (χ0) is 25.1. The average Bonchev–Trinajstić information content (AvgIpc) is 3.41. The SMILES string of the molecule is CCC1SCC(C(=O)O)N1C(=O)C(CC(F)F)NC(=O)OCC1c2ccccc2-c2ccccc21. The number of fused-ring (bicyclic) bond motifs is 3. The summed E-state index contributed by atoms with van der Waals surface area (Å²) in [6, 6.07) is 12.8. The normalized spacial score (nSPS) is 19.8. The lowest BCUT2D eigenvalue weighted by Gasteiger charge is -2.30. The number of carbonyl (C=O) groups is 3. The van der Waals surface area contributed by atoms with Gasteiger partial charge in [0.1, 0.15) is 18.7 Å². The summed E-state index contributed by atoms with van der Waals surface area (Å²) in [5, 5.41) is 11.3. The van der Waals surface area contributed by atoms with Gasteiger partial charge in [0.15, 0.2) is 0 Å². The van der Waals surface area contributed by atoms with Crippen molar-refractivity contribution in [1.29, 1.82) is 0 Å². The van der Waals surface area contributed by atoms with Crippen LogP contribution in [0.15, 0.2) is 48.5 Å². The topological polar surface area (TPSA) is 95.9 Å². The van der Waals surface area contributed by atoms with Crippen molar-refractivity contribution in [3.8, 4) is 11.1 Å². The van der Waals surface area contributed by atoms with Crippen LogP contribution in [0.25, 0.3) is 11.1 Å². The minimum atomic E-state index is -2.88. The summed E-state index contributed by atoms with van der Waals surface area (Å²) in [5.41, 5.74) is 4.07. The van der Waals surface area contributed by atoms with E-state index in [2.05, 4.69) is 5.32 Å². The number of ether oxygens (including phenoxy) is 1. The number of carboxylic acid groups (broad SMARTS) is 1. The first-order valence-corrected chi connectivity index (χ1v) is 12.4. The molecule has 1 heterocycles. The van der Waals surface area contributed by atoms with Crippen LogP contribution in [0.5, 0.6) is 0 Å². The lowest BCUT2D eigenvalue weighted by atomic mass is 9.98. The highest BCUT2D eigenvalue weighted by Crippen LogP contribution is 2.44. The van der Waals surface area contributed by atoms with Gasteiger partial charge in [-0.25, -0.2) is 18.4 Å². The third-order valence-corrected chi connectivity index (χ3v) is 7.78. The van der Waals surface area contributed by atoms with Gasteiger partial charge in [0.25, 0.3) is 0 Å². The van der Waals surface area contributed by atoms with Crippen LogP contribution in [0.4, 0.5) is 13.6 Å². The highest BCUT2D eigenvalue weighted by atomic mass is 32.2. The van der Waals surface area contributed by atoms with Crippen molar-refractivity contribution in [2.24, 2.45) is 0 Å². The van der Waals surface area contributed by atoms with E-state index in [1.807, 2.05) is 48.5 Å². The van der Waals surface area contributed by atoms with Crippen molar-refractivity contribution in [2.75, 3.05) is 12.4 Å². The molecule has 2 aromatic carbocycles. The second kappa shape index (κ2) is 10.6. The number of aliphatic carboxylic acids is 1. The van der Waals surface area contributed by atoms with E-state index in [1.54, 1.807) is 6.92 Å². The summed E-state index contributed by atoms with van der Waals surface area (Å²) < 4.78 is 32.0. The fourth-order valence-electron chi connectivity index (χ4n) is 4.73. The molecule has 2 aromatic rings. The van der Waals surface area contributed by atoms with Crippen LogP contribution in [-0.2, 0) is 14.3 Å². The first-order valence-electron chi connectivity index (χ1n) is 11.4. The minimum Gasteiger partial charge on any atom is -0.480 e. The van der Waals surface area contributed by atoms with Crippen molar-refractivity contribution in [2.45, 2.75) is 49.6 Å². The number of rotatable bonds is 8.